The summed E-state index contributed by atoms with van der Waals surface area (Å²) >= 11 is 0. The highest BCUT2D eigenvalue weighted by Crippen LogP contribution is 2.29. The second kappa shape index (κ2) is 13.1. The van der Waals surface area contributed by atoms with Crippen molar-refractivity contribution in [3.63, 3.8) is 0 Å². The SMILES string of the molecule is CC(C)CC(NC(=O)C1(Cc2ccccc2)CC(CNC(=O)c2cc(-c3ccccn3)nn2C(C)C)=NO1)B(O)O. The predicted molar refractivity (Wildman–Crippen MR) is 156 cm³/mol. The van der Waals surface area contributed by atoms with E-state index >= 15 is 0 Å². The van der Waals surface area contributed by atoms with Crippen molar-refractivity contribution in [2.75, 3.05) is 6.54 Å². The Hall–Kier alpha value is -4.03. The lowest BCUT2D eigenvalue weighted by atomic mass is 9.74. The molecule has 2 unspecified atom stereocenters. The van der Waals surface area contributed by atoms with Gasteiger partial charge in [0, 0.05) is 25.1 Å². The number of aromatic nitrogens is 3. The number of hydrogen-bond donors (Lipinski definition) is 4. The van der Waals surface area contributed by atoms with Crippen molar-refractivity contribution in [2.45, 2.75) is 64.5 Å². The monoisotopic (exact) mass is 560 g/mol. The normalized spacial score (nSPS) is 17.2. The van der Waals surface area contributed by atoms with Crippen LogP contribution in [0.25, 0.3) is 11.4 Å². The van der Waals surface area contributed by atoms with E-state index in [1.807, 2.05) is 76.2 Å². The van der Waals surface area contributed by atoms with Crippen LogP contribution in [0.2, 0.25) is 0 Å². The third kappa shape index (κ3) is 7.39. The van der Waals surface area contributed by atoms with Crippen molar-refractivity contribution in [1.82, 2.24) is 25.4 Å². The average Bonchev–Trinajstić information content (AvgIpc) is 3.58. The van der Waals surface area contributed by atoms with Gasteiger partial charge in [0.2, 0.25) is 5.60 Å². The summed E-state index contributed by atoms with van der Waals surface area (Å²) in [4.78, 5) is 37.0. The van der Waals surface area contributed by atoms with Crippen LogP contribution >= 0.6 is 0 Å². The zero-order valence-corrected chi connectivity index (χ0v) is 23.8. The third-order valence-corrected chi connectivity index (χ3v) is 6.82. The molecular formula is C29H37BN6O5. The van der Waals surface area contributed by atoms with E-state index in [-0.39, 0.29) is 37.3 Å². The highest BCUT2D eigenvalue weighted by Gasteiger charge is 2.48. The van der Waals surface area contributed by atoms with E-state index in [2.05, 4.69) is 25.9 Å². The smallest absolute Gasteiger partial charge is 0.426 e. The molecule has 2 atom stereocenters. The van der Waals surface area contributed by atoms with E-state index in [1.165, 1.54) is 0 Å². The Morgan fingerprint density at radius 3 is 2.44 bits per heavy atom. The van der Waals surface area contributed by atoms with Crippen LogP contribution in [-0.2, 0) is 16.1 Å². The molecule has 216 valence electrons. The van der Waals surface area contributed by atoms with Crippen LogP contribution in [0, 0.1) is 5.92 Å². The molecule has 0 saturated heterocycles. The Morgan fingerprint density at radius 1 is 1.07 bits per heavy atom. The van der Waals surface area contributed by atoms with E-state index in [1.54, 1.807) is 16.9 Å². The summed E-state index contributed by atoms with van der Waals surface area (Å²) in [5.41, 5.74) is 1.56. The van der Waals surface area contributed by atoms with Gasteiger partial charge in [-0.2, -0.15) is 5.10 Å². The van der Waals surface area contributed by atoms with E-state index in [0.29, 0.717) is 29.2 Å². The van der Waals surface area contributed by atoms with Crippen molar-refractivity contribution in [2.24, 2.45) is 11.1 Å². The fourth-order valence-electron chi connectivity index (χ4n) is 4.80. The number of oxime groups is 1. The molecule has 11 nitrogen and oxygen atoms in total. The van der Waals surface area contributed by atoms with Gasteiger partial charge in [-0.25, -0.2) is 0 Å². The first kappa shape index (κ1) is 29.9. The van der Waals surface area contributed by atoms with E-state index < -0.39 is 24.6 Å². The summed E-state index contributed by atoms with van der Waals surface area (Å²) in [6.07, 6.45) is 2.38. The highest BCUT2D eigenvalue weighted by atomic mass is 16.7. The number of carbonyl (C=O) groups excluding carboxylic acids is 2. The van der Waals surface area contributed by atoms with Gasteiger partial charge in [-0.15, -0.1) is 0 Å². The fourth-order valence-corrected chi connectivity index (χ4v) is 4.80. The van der Waals surface area contributed by atoms with Crippen LogP contribution in [0.5, 0.6) is 0 Å². The predicted octanol–water partition coefficient (Wildman–Crippen LogP) is 2.56. The van der Waals surface area contributed by atoms with Gasteiger partial charge >= 0.3 is 7.12 Å². The topological polar surface area (TPSA) is 151 Å². The molecule has 0 saturated carbocycles. The van der Waals surface area contributed by atoms with Crippen molar-refractivity contribution < 1.29 is 24.5 Å². The van der Waals surface area contributed by atoms with Crippen molar-refractivity contribution >= 4 is 24.6 Å². The second-order valence-electron chi connectivity index (χ2n) is 11.1. The van der Waals surface area contributed by atoms with Crippen LogP contribution in [0.1, 0.15) is 62.6 Å². The van der Waals surface area contributed by atoms with Gasteiger partial charge in [0.25, 0.3) is 11.8 Å². The number of benzene rings is 1. The quantitative estimate of drug-likeness (QED) is 0.249. The summed E-state index contributed by atoms with van der Waals surface area (Å²) in [5.74, 6) is -1.59. The van der Waals surface area contributed by atoms with Gasteiger partial charge in [0.05, 0.1) is 23.9 Å². The first-order valence-corrected chi connectivity index (χ1v) is 13.8. The molecule has 1 aliphatic heterocycles. The first-order valence-electron chi connectivity index (χ1n) is 13.8. The molecule has 1 aromatic carbocycles. The minimum atomic E-state index is -1.72. The molecule has 2 amide bonds. The van der Waals surface area contributed by atoms with Crippen molar-refractivity contribution in [3.05, 3.63) is 72.1 Å². The Kier molecular flexibility index (Phi) is 9.56. The number of pyridine rings is 1. The highest BCUT2D eigenvalue weighted by molar-refractivity contribution is 6.43. The lowest BCUT2D eigenvalue weighted by Crippen LogP contribution is -2.56. The van der Waals surface area contributed by atoms with Gasteiger partial charge < -0.3 is 25.5 Å². The van der Waals surface area contributed by atoms with Gasteiger partial charge in [0.15, 0.2) is 0 Å². The summed E-state index contributed by atoms with van der Waals surface area (Å²) < 4.78 is 1.65. The van der Waals surface area contributed by atoms with E-state index in [9.17, 15) is 19.6 Å². The van der Waals surface area contributed by atoms with E-state index in [4.69, 9.17) is 4.84 Å². The van der Waals surface area contributed by atoms with Crippen LogP contribution in [-0.4, -0.2) is 67.5 Å². The molecule has 1 aliphatic rings. The van der Waals surface area contributed by atoms with E-state index in [0.717, 1.165) is 5.56 Å². The zero-order valence-electron chi connectivity index (χ0n) is 23.8. The van der Waals surface area contributed by atoms with Crippen LogP contribution in [0.4, 0.5) is 0 Å². The lowest BCUT2D eigenvalue weighted by molar-refractivity contribution is -0.144. The fraction of sp³-hybridized carbons (Fsp3) is 0.414. The Morgan fingerprint density at radius 2 is 1.80 bits per heavy atom. The Bertz CT molecular complexity index is 1360. The van der Waals surface area contributed by atoms with Gasteiger partial charge in [-0.05, 0) is 49.9 Å². The van der Waals surface area contributed by atoms with Gasteiger partial charge in [-0.1, -0.05) is 55.4 Å². The molecule has 3 aromatic rings. The lowest BCUT2D eigenvalue weighted by Gasteiger charge is -2.29. The molecule has 0 fully saturated rings. The second-order valence-corrected chi connectivity index (χ2v) is 11.1. The minimum absolute atomic E-state index is 0.0584. The summed E-state index contributed by atoms with van der Waals surface area (Å²) in [6.45, 7) is 7.80. The summed E-state index contributed by atoms with van der Waals surface area (Å²) in [6, 6.07) is 16.5. The number of carbonyl (C=O) groups is 2. The number of rotatable bonds is 12. The number of hydrogen-bond acceptors (Lipinski definition) is 8. The average molecular weight is 560 g/mol. The molecule has 41 heavy (non-hydrogen) atoms. The van der Waals surface area contributed by atoms with Crippen LogP contribution in [0.3, 0.4) is 0 Å². The molecular weight excluding hydrogens is 523 g/mol. The van der Waals surface area contributed by atoms with Crippen LogP contribution in [0.15, 0.2) is 65.9 Å². The zero-order chi connectivity index (χ0) is 29.6. The van der Waals surface area contributed by atoms with Crippen molar-refractivity contribution in [1.29, 1.82) is 0 Å². The molecule has 12 heteroatoms. The molecule has 0 spiro atoms. The number of nitrogens with zero attached hydrogens (tertiary/aromatic N) is 4. The van der Waals surface area contributed by atoms with Gasteiger partial charge in [-0.3, -0.25) is 19.3 Å². The number of nitrogens with one attached hydrogen (secondary N) is 2. The Labute approximate surface area is 240 Å². The minimum Gasteiger partial charge on any atom is -0.426 e. The largest absolute Gasteiger partial charge is 0.475 e. The molecule has 0 radical (unpaired) electrons. The third-order valence-electron chi connectivity index (χ3n) is 6.82. The molecule has 0 aliphatic carbocycles. The summed E-state index contributed by atoms with van der Waals surface area (Å²) in [7, 11) is -1.72. The Balaban J connectivity index is 1.49. The standard InChI is InChI=1S/C29H37BN6O5/c1-19(2)14-26(30(39)40)33-28(38)29(16-21-10-6-5-7-11-21)17-22(35-41-29)18-32-27(37)25-15-24(34-36(25)20(3)4)23-12-8-9-13-31-23/h5-13,15,19-20,26,39-40H,14,16-18H2,1-4H3,(H,32,37)(H,33,38). The molecule has 3 heterocycles. The van der Waals surface area contributed by atoms with Crippen LogP contribution < -0.4 is 10.6 Å². The number of amides is 2. The molecule has 0 bridgehead atoms. The molecule has 4 rings (SSSR count). The maximum atomic E-state index is 13.6. The summed E-state index contributed by atoms with van der Waals surface area (Å²) in [5, 5.41) is 34.2. The molecule has 4 N–H and O–H groups in total. The van der Waals surface area contributed by atoms with Crippen molar-refractivity contribution in [3.8, 4) is 11.4 Å². The maximum Gasteiger partial charge on any atom is 0.475 e. The first-order chi connectivity index (χ1) is 19.6. The van der Waals surface area contributed by atoms with Gasteiger partial charge in [0.1, 0.15) is 11.4 Å². The maximum absolute atomic E-state index is 13.6. The molecule has 2 aromatic heterocycles.